The van der Waals surface area contributed by atoms with E-state index in [4.69, 9.17) is 0 Å². The van der Waals surface area contributed by atoms with Crippen LogP contribution in [0.15, 0.2) is 24.5 Å². The monoisotopic (exact) mass is 224 g/mol. The molecule has 7 heteroatoms. The number of H-pyrrole nitrogens is 1. The third-order valence-electron chi connectivity index (χ3n) is 1.80. The molecule has 0 aromatic carbocycles. The number of fused-ring (bicyclic) bond motifs is 1. The first kappa shape index (κ1) is 12.3. The van der Waals surface area contributed by atoms with E-state index >= 15 is 0 Å². The van der Waals surface area contributed by atoms with Gasteiger partial charge in [0.2, 0.25) is 0 Å². The molecule has 2 aromatic rings. The molecule has 2 rings (SSSR count). The quantitative estimate of drug-likeness (QED) is 0.594. The van der Waals surface area contributed by atoms with Crippen LogP contribution in [0, 0.1) is 0 Å². The Morgan fingerprint density at radius 2 is 2.00 bits per heavy atom. The third kappa shape index (κ3) is 2.40. The number of pyridine rings is 1. The minimum atomic E-state index is -4.95. The van der Waals surface area contributed by atoms with Crippen LogP contribution >= 0.6 is 0 Å². The van der Waals surface area contributed by atoms with E-state index in [1.165, 1.54) is 0 Å². The van der Waals surface area contributed by atoms with Crippen molar-refractivity contribution in [1.82, 2.24) is 9.97 Å². The smallest absolute Gasteiger partial charge is 0.445 e. The van der Waals surface area contributed by atoms with Crippen molar-refractivity contribution in [3.05, 3.63) is 24.5 Å². The second-order valence-electron chi connectivity index (χ2n) is 2.75. The summed E-state index contributed by atoms with van der Waals surface area (Å²) in [6.07, 6.45) is 2.42. The second-order valence-corrected chi connectivity index (χ2v) is 2.75. The molecule has 2 heterocycles. The topological polar surface area (TPSA) is 28.7 Å². The maximum Gasteiger partial charge on any atom is 1.00 e. The first-order valence-electron chi connectivity index (χ1n) is 3.70. The molecule has 2 aromatic heterocycles. The average Bonchev–Trinajstić information content (AvgIpc) is 2.47. The molecule has 0 fully saturated rings. The molecule has 0 radical (unpaired) electrons. The van der Waals surface area contributed by atoms with E-state index in [1.54, 1.807) is 12.3 Å². The molecule has 0 bridgehead atoms. The molecule has 0 saturated heterocycles. The Hall–Kier alpha value is 0.181. The third-order valence-corrected chi connectivity index (χ3v) is 1.80. The van der Waals surface area contributed by atoms with Gasteiger partial charge in [-0.05, 0) is 6.07 Å². The van der Waals surface area contributed by atoms with E-state index in [2.05, 4.69) is 9.97 Å². The summed E-state index contributed by atoms with van der Waals surface area (Å²) in [7, 11) is 0. The molecular formula is C7H5BF3KN2. The largest absolute Gasteiger partial charge is 1.00 e. The fourth-order valence-electron chi connectivity index (χ4n) is 1.13. The number of aromatic amines is 1. The maximum atomic E-state index is 12.2. The summed E-state index contributed by atoms with van der Waals surface area (Å²) in [6.45, 7) is -4.95. The van der Waals surface area contributed by atoms with Crippen LogP contribution in [0.25, 0.3) is 11.0 Å². The van der Waals surface area contributed by atoms with Crippen molar-refractivity contribution in [3.8, 4) is 0 Å². The zero-order valence-electron chi connectivity index (χ0n) is 7.47. The van der Waals surface area contributed by atoms with E-state index < -0.39 is 12.4 Å². The number of rotatable bonds is 1. The Morgan fingerprint density at radius 3 is 2.64 bits per heavy atom. The van der Waals surface area contributed by atoms with Gasteiger partial charge in [-0.15, -0.1) is 0 Å². The molecule has 0 aliphatic heterocycles. The van der Waals surface area contributed by atoms with E-state index in [1.807, 2.05) is 0 Å². The van der Waals surface area contributed by atoms with Crippen molar-refractivity contribution in [2.24, 2.45) is 0 Å². The zero-order chi connectivity index (χ0) is 9.47. The van der Waals surface area contributed by atoms with Crippen molar-refractivity contribution in [3.63, 3.8) is 0 Å². The van der Waals surface area contributed by atoms with Crippen LogP contribution in [0.1, 0.15) is 0 Å². The summed E-state index contributed by atoms with van der Waals surface area (Å²) < 4.78 is 36.7. The molecule has 68 valence electrons. The van der Waals surface area contributed by atoms with E-state index in [-0.39, 0.29) is 51.4 Å². The first-order valence-corrected chi connectivity index (χ1v) is 3.70. The molecule has 14 heavy (non-hydrogen) atoms. The van der Waals surface area contributed by atoms with E-state index in [0.717, 1.165) is 12.3 Å². The van der Waals surface area contributed by atoms with Crippen LogP contribution in [0.3, 0.4) is 0 Å². The molecule has 0 saturated carbocycles. The van der Waals surface area contributed by atoms with Crippen LogP contribution in [0.4, 0.5) is 12.9 Å². The Kier molecular flexibility index (Phi) is 3.82. The molecule has 1 N–H and O–H groups in total. The van der Waals surface area contributed by atoms with Crippen LogP contribution in [-0.2, 0) is 0 Å². The molecule has 0 aliphatic carbocycles. The minimum absolute atomic E-state index is 0. The van der Waals surface area contributed by atoms with Crippen LogP contribution in [0.5, 0.6) is 0 Å². The van der Waals surface area contributed by atoms with E-state index in [9.17, 15) is 12.9 Å². The molecule has 0 amide bonds. The van der Waals surface area contributed by atoms with Gasteiger partial charge >= 0.3 is 58.4 Å². The standard InChI is InChI=1S/C7H5BF3N2.K/c9-8(10,11)5-3-7-6(13-4-5)1-2-12-7;/h1-4,12H;/q-1;+1. The van der Waals surface area contributed by atoms with E-state index in [0.29, 0.717) is 11.0 Å². The first-order chi connectivity index (χ1) is 6.07. The van der Waals surface area contributed by atoms with Crippen molar-refractivity contribution in [2.45, 2.75) is 0 Å². The predicted molar refractivity (Wildman–Crippen MR) is 44.8 cm³/mol. The Morgan fingerprint density at radius 1 is 1.29 bits per heavy atom. The number of halogens is 3. The van der Waals surface area contributed by atoms with Gasteiger partial charge in [-0.1, -0.05) is 11.5 Å². The number of nitrogens with one attached hydrogen (secondary N) is 1. The number of hydrogen-bond acceptors (Lipinski definition) is 1. The van der Waals surface area contributed by atoms with Crippen LogP contribution in [-0.4, -0.2) is 16.9 Å². The van der Waals surface area contributed by atoms with Crippen molar-refractivity contribution in [2.75, 3.05) is 0 Å². The van der Waals surface area contributed by atoms with Gasteiger partial charge in [0.15, 0.2) is 0 Å². The van der Waals surface area contributed by atoms with Crippen molar-refractivity contribution < 1.29 is 64.3 Å². The number of aromatic nitrogens is 2. The summed E-state index contributed by atoms with van der Waals surface area (Å²) in [5, 5.41) is 0. The van der Waals surface area contributed by atoms with Gasteiger partial charge in [0.05, 0.1) is 11.0 Å². The van der Waals surface area contributed by atoms with Gasteiger partial charge in [0.25, 0.3) is 0 Å². The normalized spacial score (nSPS) is 11.4. The average molecular weight is 224 g/mol. The zero-order valence-corrected chi connectivity index (χ0v) is 10.6. The summed E-state index contributed by atoms with van der Waals surface area (Å²) in [6, 6.07) is 2.70. The molecule has 2 nitrogen and oxygen atoms in total. The van der Waals surface area contributed by atoms with Gasteiger partial charge < -0.3 is 17.9 Å². The van der Waals surface area contributed by atoms with Crippen LogP contribution < -0.4 is 56.8 Å². The Balaban J connectivity index is 0.000000980. The van der Waals surface area contributed by atoms with Gasteiger partial charge in [0, 0.05) is 12.4 Å². The van der Waals surface area contributed by atoms with Crippen molar-refractivity contribution in [1.29, 1.82) is 0 Å². The molecular weight excluding hydrogens is 219 g/mol. The summed E-state index contributed by atoms with van der Waals surface area (Å²) in [5.41, 5.74) is 0.287. The summed E-state index contributed by atoms with van der Waals surface area (Å²) >= 11 is 0. The fourth-order valence-corrected chi connectivity index (χ4v) is 1.13. The predicted octanol–water partition coefficient (Wildman–Crippen LogP) is -1.38. The molecule has 0 aliphatic rings. The summed E-state index contributed by atoms with van der Waals surface area (Å²) in [5.74, 6) is 0. The molecule has 0 unspecified atom stereocenters. The Labute approximate surface area is 121 Å². The molecule has 0 atom stereocenters. The van der Waals surface area contributed by atoms with Crippen LogP contribution in [0.2, 0.25) is 0 Å². The van der Waals surface area contributed by atoms with Gasteiger partial charge in [0.1, 0.15) is 0 Å². The maximum absolute atomic E-state index is 12.2. The summed E-state index contributed by atoms with van der Waals surface area (Å²) in [4.78, 5) is 6.35. The second kappa shape index (κ2) is 4.36. The van der Waals surface area contributed by atoms with Gasteiger partial charge in [-0.25, -0.2) is 0 Å². The Bertz CT molecular complexity index is 440. The fraction of sp³-hybridized carbons (Fsp3) is 0. The molecule has 0 spiro atoms. The number of nitrogens with zero attached hydrogens (tertiary/aromatic N) is 1. The van der Waals surface area contributed by atoms with Crippen molar-refractivity contribution >= 4 is 23.5 Å². The minimum Gasteiger partial charge on any atom is -0.445 e. The van der Waals surface area contributed by atoms with Gasteiger partial charge in [-0.2, -0.15) is 0 Å². The number of hydrogen-bond donors (Lipinski definition) is 1. The van der Waals surface area contributed by atoms with Gasteiger partial charge in [-0.3, -0.25) is 4.98 Å². The SMILES string of the molecule is F[B-](F)(F)c1cnc2cc[nH]c2c1.[K+].